The van der Waals surface area contributed by atoms with Gasteiger partial charge in [0.1, 0.15) is 5.75 Å². The van der Waals surface area contributed by atoms with Crippen LogP contribution in [0.15, 0.2) is 109 Å². The predicted octanol–water partition coefficient (Wildman–Crippen LogP) is 9.74. The Balaban J connectivity index is 1.44. The number of ether oxygens (including phenoxy) is 1. The fraction of sp³-hybridized carbons (Fsp3) is 0.405. The van der Waals surface area contributed by atoms with Crippen molar-refractivity contribution in [2.75, 3.05) is 6.54 Å². The fourth-order valence-corrected chi connectivity index (χ4v) is 5.97. The summed E-state index contributed by atoms with van der Waals surface area (Å²) in [6.07, 6.45) is 30.1. The molecule has 0 saturated carbocycles. The van der Waals surface area contributed by atoms with Gasteiger partial charge in [0.2, 0.25) is 5.91 Å². The van der Waals surface area contributed by atoms with E-state index in [9.17, 15) is 14.4 Å². The lowest BCUT2D eigenvalue weighted by molar-refractivity contribution is -0.147. The lowest BCUT2D eigenvalue weighted by Crippen LogP contribution is -2.51. The Hall–Kier alpha value is -4.16. The number of carbonyl (C=O) groups is 3. The number of hydrogen-bond acceptors (Lipinski definition) is 4. The van der Waals surface area contributed by atoms with E-state index in [0.29, 0.717) is 41.3 Å². The molecule has 6 nitrogen and oxygen atoms in total. The number of rotatable bonds is 20. The first-order chi connectivity index (χ1) is 23.6. The highest BCUT2D eigenvalue weighted by Crippen LogP contribution is 2.30. The van der Waals surface area contributed by atoms with Gasteiger partial charge in [0, 0.05) is 34.7 Å². The first kappa shape index (κ1) is 39.3. The second-order valence-electron chi connectivity index (χ2n) is 12.9. The Morgan fingerprint density at radius 3 is 1.88 bits per heavy atom. The standard InChI is InChI=1S/C42H53ClN2O4/c1-4-5-6-7-8-9-10-11-12-13-14-15-16-17-18-19-21-35(40(44)47)32-37-22-20-31-45(37)41(48)42(2,3)49-38-29-25-34(26-30-38)39(46)33-23-27-36(43)28-24-33/h5-6,8-9,11-12,14-15,17-18,23-30,35,37H,4,7,10,13,16,19-22,31-32H2,1-3H3,(H2,44,47)/t35?,37-/m0/s1. The molecule has 2 aromatic rings. The van der Waals surface area contributed by atoms with Gasteiger partial charge in [-0.3, -0.25) is 14.4 Å². The maximum atomic E-state index is 13.7. The van der Waals surface area contributed by atoms with Gasteiger partial charge in [0.15, 0.2) is 11.4 Å². The summed E-state index contributed by atoms with van der Waals surface area (Å²) in [6, 6.07) is 13.5. The van der Waals surface area contributed by atoms with Gasteiger partial charge in [-0.1, -0.05) is 79.3 Å². The number of carbonyl (C=O) groups excluding carboxylic acids is 3. The van der Waals surface area contributed by atoms with Crippen molar-refractivity contribution in [2.45, 2.75) is 96.6 Å². The van der Waals surface area contributed by atoms with E-state index in [1.54, 1.807) is 62.4 Å². The van der Waals surface area contributed by atoms with Crippen LogP contribution in [0.3, 0.4) is 0 Å². The van der Waals surface area contributed by atoms with Crippen molar-refractivity contribution in [3.05, 3.63) is 125 Å². The topological polar surface area (TPSA) is 89.7 Å². The Kier molecular flexibility index (Phi) is 16.9. The van der Waals surface area contributed by atoms with E-state index in [-0.39, 0.29) is 29.6 Å². The number of likely N-dealkylation sites (tertiary alicyclic amines) is 1. The molecule has 1 aliphatic rings. The minimum Gasteiger partial charge on any atom is -0.478 e. The lowest BCUT2D eigenvalue weighted by atomic mass is 9.92. The molecular weight excluding hydrogens is 632 g/mol. The zero-order valence-electron chi connectivity index (χ0n) is 29.4. The van der Waals surface area contributed by atoms with E-state index >= 15 is 0 Å². The third-order valence-electron chi connectivity index (χ3n) is 8.55. The smallest absolute Gasteiger partial charge is 0.266 e. The predicted molar refractivity (Wildman–Crippen MR) is 202 cm³/mol. The van der Waals surface area contributed by atoms with E-state index in [0.717, 1.165) is 51.4 Å². The van der Waals surface area contributed by atoms with E-state index in [2.05, 4.69) is 67.7 Å². The van der Waals surface area contributed by atoms with Crippen LogP contribution in [0, 0.1) is 5.92 Å². The van der Waals surface area contributed by atoms with Crippen LogP contribution in [0.25, 0.3) is 0 Å². The van der Waals surface area contributed by atoms with Gasteiger partial charge < -0.3 is 15.4 Å². The van der Waals surface area contributed by atoms with Crippen molar-refractivity contribution in [2.24, 2.45) is 11.7 Å². The van der Waals surface area contributed by atoms with Crippen LogP contribution in [0.2, 0.25) is 5.02 Å². The average Bonchev–Trinajstić information content (AvgIpc) is 3.55. The summed E-state index contributed by atoms with van der Waals surface area (Å²) in [4.78, 5) is 40.8. The number of nitrogens with two attached hydrogens (primary N) is 1. The first-order valence-electron chi connectivity index (χ1n) is 17.6. The molecule has 2 aromatic carbocycles. The molecular formula is C42H53ClN2O4. The molecule has 0 radical (unpaired) electrons. The first-order valence-corrected chi connectivity index (χ1v) is 17.9. The zero-order chi connectivity index (χ0) is 35.5. The van der Waals surface area contributed by atoms with Gasteiger partial charge in [0.05, 0.1) is 0 Å². The lowest BCUT2D eigenvalue weighted by Gasteiger charge is -2.34. The number of ketones is 1. The zero-order valence-corrected chi connectivity index (χ0v) is 30.1. The van der Waals surface area contributed by atoms with Gasteiger partial charge in [0.25, 0.3) is 5.91 Å². The monoisotopic (exact) mass is 684 g/mol. The molecule has 1 aliphatic heterocycles. The second kappa shape index (κ2) is 21.0. The van der Waals surface area contributed by atoms with Gasteiger partial charge in [-0.2, -0.15) is 0 Å². The molecule has 262 valence electrons. The summed E-state index contributed by atoms with van der Waals surface area (Å²) < 4.78 is 6.16. The molecule has 0 aliphatic carbocycles. The average molecular weight is 685 g/mol. The molecule has 0 spiro atoms. The van der Waals surface area contributed by atoms with Crippen LogP contribution in [0.1, 0.15) is 101 Å². The SMILES string of the molecule is CCC=CCC=CCC=CCC=CCC=CCCC(C[C@@H]1CCCN1C(=O)C(C)(C)Oc1ccc(C(=O)c2ccc(Cl)cc2)cc1)C(N)=O. The summed E-state index contributed by atoms with van der Waals surface area (Å²) >= 11 is 5.95. The Morgan fingerprint density at radius 2 is 1.35 bits per heavy atom. The molecule has 0 bridgehead atoms. The normalized spacial score (nSPS) is 16.2. The minimum absolute atomic E-state index is 0.0689. The number of hydrogen-bond donors (Lipinski definition) is 1. The van der Waals surface area contributed by atoms with E-state index < -0.39 is 5.60 Å². The van der Waals surface area contributed by atoms with Crippen LogP contribution in [0.4, 0.5) is 0 Å². The highest BCUT2D eigenvalue weighted by molar-refractivity contribution is 6.30. The van der Waals surface area contributed by atoms with Crippen molar-refractivity contribution in [3.63, 3.8) is 0 Å². The maximum Gasteiger partial charge on any atom is 0.266 e. The van der Waals surface area contributed by atoms with Gasteiger partial charge in [-0.25, -0.2) is 0 Å². The maximum absolute atomic E-state index is 13.7. The quantitative estimate of drug-likeness (QED) is 0.111. The number of benzene rings is 2. The van der Waals surface area contributed by atoms with Crippen molar-refractivity contribution >= 4 is 29.2 Å². The summed E-state index contributed by atoms with van der Waals surface area (Å²) in [6.45, 7) is 6.27. The van der Waals surface area contributed by atoms with Gasteiger partial charge >= 0.3 is 0 Å². The molecule has 0 aromatic heterocycles. The number of halogens is 1. The van der Waals surface area contributed by atoms with E-state index in [1.807, 2.05) is 4.90 Å². The van der Waals surface area contributed by atoms with Gasteiger partial charge in [-0.15, -0.1) is 0 Å². The molecule has 1 unspecified atom stereocenters. The molecule has 2 N–H and O–H groups in total. The highest BCUT2D eigenvalue weighted by atomic mass is 35.5. The number of primary amides is 1. The molecule has 2 amide bonds. The van der Waals surface area contributed by atoms with Crippen LogP contribution in [-0.2, 0) is 9.59 Å². The molecule has 2 atom stereocenters. The van der Waals surface area contributed by atoms with Crippen molar-refractivity contribution in [1.82, 2.24) is 4.90 Å². The molecule has 49 heavy (non-hydrogen) atoms. The van der Waals surface area contributed by atoms with Crippen LogP contribution >= 0.6 is 11.6 Å². The van der Waals surface area contributed by atoms with Crippen LogP contribution in [0.5, 0.6) is 5.75 Å². The minimum atomic E-state index is -1.14. The summed E-state index contributed by atoms with van der Waals surface area (Å²) in [5.74, 6) is -0.388. The molecule has 3 rings (SSSR count). The van der Waals surface area contributed by atoms with Crippen LogP contribution < -0.4 is 10.5 Å². The largest absolute Gasteiger partial charge is 0.478 e. The Labute approximate surface area is 298 Å². The third-order valence-corrected chi connectivity index (χ3v) is 8.80. The Morgan fingerprint density at radius 1 is 0.837 bits per heavy atom. The number of nitrogens with zero attached hydrogens (tertiary/aromatic N) is 1. The summed E-state index contributed by atoms with van der Waals surface area (Å²) in [5.41, 5.74) is 5.74. The highest BCUT2D eigenvalue weighted by Gasteiger charge is 2.40. The molecule has 1 heterocycles. The fourth-order valence-electron chi connectivity index (χ4n) is 5.85. The van der Waals surface area contributed by atoms with E-state index in [4.69, 9.17) is 22.1 Å². The van der Waals surface area contributed by atoms with Crippen LogP contribution in [-0.4, -0.2) is 40.7 Å². The van der Waals surface area contributed by atoms with Crippen molar-refractivity contribution in [1.29, 1.82) is 0 Å². The third kappa shape index (κ3) is 13.7. The van der Waals surface area contributed by atoms with Gasteiger partial charge in [-0.05, 0) is 127 Å². The molecule has 1 saturated heterocycles. The number of allylic oxidation sites excluding steroid dienone is 10. The molecule has 7 heteroatoms. The Bertz CT molecular complexity index is 1490. The summed E-state index contributed by atoms with van der Waals surface area (Å²) in [7, 11) is 0. The van der Waals surface area contributed by atoms with Crippen molar-refractivity contribution < 1.29 is 19.1 Å². The van der Waals surface area contributed by atoms with E-state index in [1.165, 1.54) is 0 Å². The second-order valence-corrected chi connectivity index (χ2v) is 13.3. The van der Waals surface area contributed by atoms with Crippen molar-refractivity contribution in [3.8, 4) is 5.75 Å². The number of amides is 2. The summed E-state index contributed by atoms with van der Waals surface area (Å²) in [5, 5.41) is 0.568. The molecule has 1 fully saturated rings.